The molecule has 2 rings (SSSR count). The number of esters is 1. The molecule has 0 spiro atoms. The van der Waals surface area contributed by atoms with Crippen LogP contribution >= 0.6 is 0 Å². The summed E-state index contributed by atoms with van der Waals surface area (Å²) in [5.74, 6) is -0.527. The summed E-state index contributed by atoms with van der Waals surface area (Å²) in [7, 11) is 2.68. The molecule has 19 heavy (non-hydrogen) atoms. The highest BCUT2D eigenvalue weighted by molar-refractivity contribution is 5.95. The van der Waals surface area contributed by atoms with Gasteiger partial charge in [-0.1, -0.05) is 30.3 Å². The average Bonchev–Trinajstić information content (AvgIpc) is 2.46. The standard InChI is InChI=1S/C15H14O4/c1-18-14-12(15(17)19-2)8-11(9-13(14)16)10-6-4-3-5-7-10/h3-9,16H,1-2H3. The van der Waals surface area contributed by atoms with Crippen molar-refractivity contribution in [3.63, 3.8) is 0 Å². The predicted octanol–water partition coefficient (Wildman–Crippen LogP) is 2.85. The molecule has 0 aliphatic rings. The third-order valence-electron chi connectivity index (χ3n) is 2.79. The van der Waals surface area contributed by atoms with Crippen LogP contribution in [0.3, 0.4) is 0 Å². The molecule has 0 amide bonds. The number of rotatable bonds is 3. The average molecular weight is 258 g/mol. The lowest BCUT2D eigenvalue weighted by atomic mass is 10.0. The van der Waals surface area contributed by atoms with Gasteiger partial charge in [0, 0.05) is 0 Å². The Kier molecular flexibility index (Phi) is 3.71. The van der Waals surface area contributed by atoms with E-state index >= 15 is 0 Å². The largest absolute Gasteiger partial charge is 0.504 e. The van der Waals surface area contributed by atoms with Crippen LogP contribution in [0.5, 0.6) is 11.5 Å². The summed E-state index contributed by atoms with van der Waals surface area (Å²) >= 11 is 0. The summed E-state index contributed by atoms with van der Waals surface area (Å²) in [4.78, 5) is 11.7. The van der Waals surface area contributed by atoms with Crippen molar-refractivity contribution in [3.8, 4) is 22.6 Å². The number of benzene rings is 2. The maximum atomic E-state index is 11.7. The van der Waals surface area contributed by atoms with E-state index in [0.717, 1.165) is 11.1 Å². The Bertz CT molecular complexity index is 591. The molecule has 0 radical (unpaired) electrons. The first kappa shape index (κ1) is 13.0. The zero-order valence-electron chi connectivity index (χ0n) is 10.7. The highest BCUT2D eigenvalue weighted by atomic mass is 16.5. The normalized spacial score (nSPS) is 10.0. The monoisotopic (exact) mass is 258 g/mol. The van der Waals surface area contributed by atoms with Crippen molar-refractivity contribution in [2.45, 2.75) is 0 Å². The summed E-state index contributed by atoms with van der Waals surface area (Å²) in [5, 5.41) is 9.95. The third-order valence-corrected chi connectivity index (χ3v) is 2.79. The summed E-state index contributed by atoms with van der Waals surface area (Å²) < 4.78 is 9.73. The van der Waals surface area contributed by atoms with Crippen molar-refractivity contribution in [2.24, 2.45) is 0 Å². The van der Waals surface area contributed by atoms with Gasteiger partial charge in [0.05, 0.1) is 14.2 Å². The molecule has 2 aromatic carbocycles. The molecule has 0 aliphatic carbocycles. The lowest BCUT2D eigenvalue weighted by Crippen LogP contribution is -2.04. The summed E-state index contributed by atoms with van der Waals surface area (Å²) in [6.07, 6.45) is 0. The van der Waals surface area contributed by atoms with Gasteiger partial charge in [0.15, 0.2) is 11.5 Å². The van der Waals surface area contributed by atoms with E-state index < -0.39 is 5.97 Å². The maximum absolute atomic E-state index is 11.7. The van der Waals surface area contributed by atoms with Gasteiger partial charge >= 0.3 is 5.97 Å². The fraction of sp³-hybridized carbons (Fsp3) is 0.133. The first-order chi connectivity index (χ1) is 9.17. The highest BCUT2D eigenvalue weighted by Crippen LogP contribution is 2.35. The first-order valence-corrected chi connectivity index (χ1v) is 5.72. The minimum absolute atomic E-state index is 0.0933. The minimum Gasteiger partial charge on any atom is -0.504 e. The number of hydrogen-bond donors (Lipinski definition) is 1. The van der Waals surface area contributed by atoms with E-state index in [9.17, 15) is 9.90 Å². The van der Waals surface area contributed by atoms with Crippen molar-refractivity contribution in [1.29, 1.82) is 0 Å². The van der Waals surface area contributed by atoms with Crippen LogP contribution in [0.15, 0.2) is 42.5 Å². The molecule has 0 unspecified atom stereocenters. The number of ether oxygens (including phenoxy) is 2. The second kappa shape index (κ2) is 5.44. The van der Waals surface area contributed by atoms with E-state index in [1.807, 2.05) is 30.3 Å². The molecule has 0 saturated heterocycles. The lowest BCUT2D eigenvalue weighted by molar-refractivity contribution is 0.0596. The quantitative estimate of drug-likeness (QED) is 0.860. The number of methoxy groups -OCH3 is 2. The smallest absolute Gasteiger partial charge is 0.341 e. The molecule has 98 valence electrons. The Morgan fingerprint density at radius 2 is 1.74 bits per heavy atom. The minimum atomic E-state index is -0.551. The molecule has 0 aromatic heterocycles. The van der Waals surface area contributed by atoms with Crippen LogP contribution in [-0.2, 0) is 4.74 Å². The van der Waals surface area contributed by atoms with Crippen molar-refractivity contribution in [2.75, 3.05) is 14.2 Å². The van der Waals surface area contributed by atoms with Gasteiger partial charge in [0.2, 0.25) is 0 Å². The molecule has 4 nitrogen and oxygen atoms in total. The van der Waals surface area contributed by atoms with Crippen LogP contribution in [0.2, 0.25) is 0 Å². The zero-order valence-corrected chi connectivity index (χ0v) is 10.7. The predicted molar refractivity (Wildman–Crippen MR) is 71.4 cm³/mol. The highest BCUT2D eigenvalue weighted by Gasteiger charge is 2.18. The maximum Gasteiger partial charge on any atom is 0.341 e. The van der Waals surface area contributed by atoms with E-state index in [-0.39, 0.29) is 17.1 Å². The Hall–Kier alpha value is -2.49. The number of carbonyl (C=O) groups excluding carboxylic acids is 1. The van der Waals surface area contributed by atoms with Crippen LogP contribution in [0.25, 0.3) is 11.1 Å². The summed E-state index contributed by atoms with van der Waals surface area (Å²) in [6, 6.07) is 12.6. The van der Waals surface area contributed by atoms with Gasteiger partial charge in [0.25, 0.3) is 0 Å². The molecule has 4 heteroatoms. The zero-order chi connectivity index (χ0) is 13.8. The SMILES string of the molecule is COC(=O)c1cc(-c2ccccc2)cc(O)c1OC. The van der Waals surface area contributed by atoms with Gasteiger partial charge in [-0.05, 0) is 23.3 Å². The van der Waals surface area contributed by atoms with E-state index in [1.54, 1.807) is 12.1 Å². The summed E-state index contributed by atoms with van der Waals surface area (Å²) in [6.45, 7) is 0. The lowest BCUT2D eigenvalue weighted by Gasteiger charge is -2.11. The Morgan fingerprint density at radius 1 is 1.05 bits per heavy atom. The Balaban J connectivity index is 2.60. The van der Waals surface area contributed by atoms with Crippen molar-refractivity contribution in [3.05, 3.63) is 48.0 Å². The molecule has 0 bridgehead atoms. The van der Waals surface area contributed by atoms with Gasteiger partial charge in [-0.3, -0.25) is 0 Å². The Labute approximate surface area is 111 Å². The number of phenols is 1. The molecule has 1 N–H and O–H groups in total. The molecule has 0 aliphatic heterocycles. The van der Waals surface area contributed by atoms with Crippen molar-refractivity contribution < 1.29 is 19.4 Å². The second-order valence-corrected chi connectivity index (χ2v) is 3.93. The van der Waals surface area contributed by atoms with Crippen molar-refractivity contribution >= 4 is 5.97 Å². The summed E-state index contributed by atoms with van der Waals surface area (Å²) in [5.41, 5.74) is 1.81. The molecule has 0 atom stereocenters. The fourth-order valence-electron chi connectivity index (χ4n) is 1.89. The molecular weight excluding hydrogens is 244 g/mol. The van der Waals surface area contributed by atoms with Crippen LogP contribution in [0, 0.1) is 0 Å². The second-order valence-electron chi connectivity index (χ2n) is 3.93. The Morgan fingerprint density at radius 3 is 2.32 bits per heavy atom. The van der Waals surface area contributed by atoms with Gasteiger partial charge in [-0.2, -0.15) is 0 Å². The third kappa shape index (κ3) is 2.52. The van der Waals surface area contributed by atoms with E-state index in [1.165, 1.54) is 14.2 Å². The number of phenolic OH excluding ortho intramolecular Hbond substituents is 1. The number of carbonyl (C=O) groups is 1. The van der Waals surface area contributed by atoms with E-state index in [0.29, 0.717) is 0 Å². The molecule has 0 heterocycles. The number of hydrogen-bond acceptors (Lipinski definition) is 4. The van der Waals surface area contributed by atoms with Gasteiger partial charge < -0.3 is 14.6 Å². The van der Waals surface area contributed by atoms with Crippen LogP contribution in [0.4, 0.5) is 0 Å². The first-order valence-electron chi connectivity index (χ1n) is 5.72. The molecular formula is C15H14O4. The molecule has 0 fully saturated rings. The van der Waals surface area contributed by atoms with Gasteiger partial charge in [-0.25, -0.2) is 4.79 Å². The van der Waals surface area contributed by atoms with Crippen LogP contribution < -0.4 is 4.74 Å². The number of aromatic hydroxyl groups is 1. The van der Waals surface area contributed by atoms with E-state index in [4.69, 9.17) is 9.47 Å². The van der Waals surface area contributed by atoms with Crippen LogP contribution in [-0.4, -0.2) is 25.3 Å². The van der Waals surface area contributed by atoms with Crippen LogP contribution in [0.1, 0.15) is 10.4 Å². The van der Waals surface area contributed by atoms with Crippen molar-refractivity contribution in [1.82, 2.24) is 0 Å². The molecule has 0 saturated carbocycles. The van der Waals surface area contributed by atoms with E-state index in [2.05, 4.69) is 0 Å². The molecule has 2 aromatic rings. The van der Waals surface area contributed by atoms with Gasteiger partial charge in [-0.15, -0.1) is 0 Å². The topological polar surface area (TPSA) is 55.8 Å². The fourth-order valence-corrected chi connectivity index (χ4v) is 1.89. The van der Waals surface area contributed by atoms with Gasteiger partial charge in [0.1, 0.15) is 5.56 Å².